The van der Waals surface area contributed by atoms with E-state index < -0.39 is 12.1 Å². The van der Waals surface area contributed by atoms with Gasteiger partial charge >= 0.3 is 18.2 Å². The number of urea groups is 1. The first kappa shape index (κ1) is 18.8. The quantitative estimate of drug-likeness (QED) is 0.723. The van der Waals surface area contributed by atoms with E-state index in [1.165, 1.54) is 12.3 Å². The normalized spacial score (nSPS) is 15.0. The van der Waals surface area contributed by atoms with E-state index in [1.54, 1.807) is 11.0 Å². The fourth-order valence-electron chi connectivity index (χ4n) is 3.21. The number of carbonyl (C=O) groups excluding carboxylic acids is 2. The van der Waals surface area contributed by atoms with Gasteiger partial charge < -0.3 is 15.1 Å². The van der Waals surface area contributed by atoms with Gasteiger partial charge in [-0.25, -0.2) is 9.59 Å². The van der Waals surface area contributed by atoms with Crippen molar-refractivity contribution in [1.29, 1.82) is 0 Å². The maximum Gasteiger partial charge on any atom is 0.493 e. The molecule has 1 atom stereocenters. The number of halogens is 3. The molecule has 1 aliphatic heterocycles. The summed E-state index contributed by atoms with van der Waals surface area (Å²) in [5, 5.41) is 6.90. The molecule has 150 valence electrons. The highest BCUT2D eigenvalue weighted by molar-refractivity contribution is 5.96. The van der Waals surface area contributed by atoms with Crippen LogP contribution in [0.1, 0.15) is 24.1 Å². The first-order chi connectivity index (χ1) is 13.7. The molecule has 0 aliphatic carbocycles. The SMILES string of the molecule is CC(c1ccccc1)N1Cc2cc3cnn(OC(=O)C(F)(F)F)c3cc2NC1=O. The average Bonchev–Trinajstić information content (AvgIpc) is 3.07. The van der Waals surface area contributed by atoms with E-state index in [0.29, 0.717) is 22.5 Å². The van der Waals surface area contributed by atoms with Gasteiger partial charge in [-0.1, -0.05) is 35.2 Å². The molecule has 2 heterocycles. The fraction of sp³-hybridized carbons (Fsp3) is 0.211. The van der Waals surface area contributed by atoms with Crippen molar-refractivity contribution in [2.24, 2.45) is 0 Å². The molecule has 0 fully saturated rings. The molecule has 0 saturated carbocycles. The highest BCUT2D eigenvalue weighted by atomic mass is 19.4. The van der Waals surface area contributed by atoms with Gasteiger partial charge in [0.2, 0.25) is 0 Å². The summed E-state index contributed by atoms with van der Waals surface area (Å²) in [4.78, 5) is 30.1. The lowest BCUT2D eigenvalue weighted by molar-refractivity contribution is -0.200. The molecule has 7 nitrogen and oxygen atoms in total. The van der Waals surface area contributed by atoms with Crippen LogP contribution >= 0.6 is 0 Å². The number of anilines is 1. The number of benzene rings is 2. The minimum Gasteiger partial charge on any atom is -0.313 e. The van der Waals surface area contributed by atoms with E-state index >= 15 is 0 Å². The summed E-state index contributed by atoms with van der Waals surface area (Å²) in [6.07, 6.45) is -3.85. The second-order valence-corrected chi connectivity index (χ2v) is 6.61. The molecule has 3 aromatic rings. The summed E-state index contributed by atoms with van der Waals surface area (Å²) >= 11 is 0. The third-order valence-corrected chi connectivity index (χ3v) is 4.75. The molecule has 0 saturated heterocycles. The highest BCUT2D eigenvalue weighted by Gasteiger charge is 2.42. The largest absolute Gasteiger partial charge is 0.493 e. The monoisotopic (exact) mass is 404 g/mol. The lowest BCUT2D eigenvalue weighted by atomic mass is 10.0. The zero-order chi connectivity index (χ0) is 20.8. The second-order valence-electron chi connectivity index (χ2n) is 6.61. The van der Waals surface area contributed by atoms with Crippen molar-refractivity contribution < 1.29 is 27.6 Å². The van der Waals surface area contributed by atoms with Crippen molar-refractivity contribution in [2.75, 3.05) is 5.32 Å². The minimum absolute atomic E-state index is 0.131. The lowest BCUT2D eigenvalue weighted by Gasteiger charge is -2.34. The Morgan fingerprint density at radius 1 is 1.24 bits per heavy atom. The van der Waals surface area contributed by atoms with Gasteiger partial charge in [-0.05, 0) is 30.2 Å². The number of rotatable bonds is 3. The molecule has 2 aromatic carbocycles. The lowest BCUT2D eigenvalue weighted by Crippen LogP contribution is -2.40. The molecular weight excluding hydrogens is 389 g/mol. The van der Waals surface area contributed by atoms with Crippen molar-refractivity contribution in [2.45, 2.75) is 25.7 Å². The number of hydrogen-bond donors (Lipinski definition) is 1. The Hall–Kier alpha value is -3.56. The van der Waals surface area contributed by atoms with Crippen LogP contribution in [0.15, 0.2) is 48.7 Å². The highest BCUT2D eigenvalue weighted by Crippen LogP contribution is 2.32. The zero-order valence-corrected chi connectivity index (χ0v) is 15.1. The van der Waals surface area contributed by atoms with Crippen molar-refractivity contribution in [3.05, 3.63) is 59.8 Å². The smallest absolute Gasteiger partial charge is 0.313 e. The molecular formula is C19H15F3N4O3. The van der Waals surface area contributed by atoms with Gasteiger partial charge in [0.15, 0.2) is 0 Å². The summed E-state index contributed by atoms with van der Waals surface area (Å²) in [5.41, 5.74) is 2.29. The Bertz CT molecular complexity index is 1100. The molecule has 29 heavy (non-hydrogen) atoms. The zero-order valence-electron chi connectivity index (χ0n) is 15.1. The van der Waals surface area contributed by atoms with Crippen LogP contribution in [0, 0.1) is 0 Å². The number of amides is 2. The predicted octanol–water partition coefficient (Wildman–Crippen LogP) is 3.66. The Labute approximate surface area is 162 Å². The van der Waals surface area contributed by atoms with Gasteiger partial charge in [0.25, 0.3) is 0 Å². The van der Waals surface area contributed by atoms with Crippen LogP contribution in [-0.4, -0.2) is 33.0 Å². The number of aromatic nitrogens is 2. The van der Waals surface area contributed by atoms with Crippen molar-refractivity contribution >= 4 is 28.6 Å². The topological polar surface area (TPSA) is 76.5 Å². The molecule has 1 unspecified atom stereocenters. The van der Waals surface area contributed by atoms with Crippen LogP contribution in [0.4, 0.5) is 23.7 Å². The molecule has 1 aliphatic rings. The Morgan fingerprint density at radius 3 is 2.66 bits per heavy atom. The van der Waals surface area contributed by atoms with Crippen LogP contribution in [0.5, 0.6) is 0 Å². The molecule has 0 bridgehead atoms. The average molecular weight is 404 g/mol. The van der Waals surface area contributed by atoms with E-state index in [4.69, 9.17) is 0 Å². The summed E-state index contributed by atoms with van der Waals surface area (Å²) in [5.74, 6) is -2.38. The Morgan fingerprint density at radius 2 is 1.97 bits per heavy atom. The molecule has 1 aromatic heterocycles. The number of nitrogens with zero attached hydrogens (tertiary/aromatic N) is 3. The molecule has 0 spiro atoms. The summed E-state index contributed by atoms with van der Waals surface area (Å²) in [6, 6.07) is 12.1. The Balaban J connectivity index is 1.64. The maximum absolute atomic E-state index is 12.6. The number of carbonyl (C=O) groups is 2. The maximum atomic E-state index is 12.6. The van der Waals surface area contributed by atoms with Crippen LogP contribution in [0.2, 0.25) is 0 Å². The Kier molecular flexibility index (Phi) is 4.40. The van der Waals surface area contributed by atoms with Gasteiger partial charge in [-0.15, -0.1) is 5.10 Å². The van der Waals surface area contributed by atoms with Gasteiger partial charge in [0.1, 0.15) is 5.52 Å². The standard InChI is InChI=1S/C19H15F3N4O3/c1-11(12-5-3-2-4-6-12)25-10-14-7-13-9-23-26(29-17(27)19(20,21)22)16(13)8-15(14)24-18(25)28/h2-9,11H,10H2,1H3,(H,24,28). The van der Waals surface area contributed by atoms with Crippen LogP contribution < -0.4 is 10.2 Å². The van der Waals surface area contributed by atoms with Gasteiger partial charge in [0.05, 0.1) is 18.8 Å². The van der Waals surface area contributed by atoms with Gasteiger partial charge in [-0.3, -0.25) is 0 Å². The number of fused-ring (bicyclic) bond motifs is 2. The predicted molar refractivity (Wildman–Crippen MR) is 96.8 cm³/mol. The van der Waals surface area contributed by atoms with Crippen LogP contribution in [0.3, 0.4) is 0 Å². The second kappa shape index (κ2) is 6.80. The molecule has 4 rings (SSSR count). The minimum atomic E-state index is -5.14. The number of hydrogen-bond acceptors (Lipinski definition) is 4. The van der Waals surface area contributed by atoms with Gasteiger partial charge in [0, 0.05) is 11.1 Å². The summed E-state index contributed by atoms with van der Waals surface area (Å²) < 4.78 is 37.3. The van der Waals surface area contributed by atoms with Crippen LogP contribution in [-0.2, 0) is 11.3 Å². The molecule has 2 amide bonds. The molecule has 10 heteroatoms. The van der Waals surface area contributed by atoms with Crippen molar-refractivity contribution in [3.8, 4) is 0 Å². The number of nitrogens with one attached hydrogen (secondary N) is 1. The van der Waals surface area contributed by atoms with Crippen LogP contribution in [0.25, 0.3) is 10.9 Å². The van der Waals surface area contributed by atoms with E-state index in [9.17, 15) is 22.8 Å². The first-order valence-corrected chi connectivity index (χ1v) is 8.67. The third kappa shape index (κ3) is 3.48. The van der Waals surface area contributed by atoms with E-state index in [0.717, 1.165) is 11.1 Å². The molecule has 1 N–H and O–H groups in total. The van der Waals surface area contributed by atoms with Crippen molar-refractivity contribution in [1.82, 2.24) is 14.8 Å². The van der Waals surface area contributed by atoms with E-state index in [1.807, 2.05) is 37.3 Å². The van der Waals surface area contributed by atoms with E-state index in [2.05, 4.69) is 15.3 Å². The summed E-state index contributed by atoms with van der Waals surface area (Å²) in [6.45, 7) is 2.22. The fourth-order valence-corrected chi connectivity index (χ4v) is 3.21. The van der Waals surface area contributed by atoms with Gasteiger partial charge in [-0.2, -0.15) is 13.2 Å². The summed E-state index contributed by atoms with van der Waals surface area (Å²) in [7, 11) is 0. The van der Waals surface area contributed by atoms with Crippen molar-refractivity contribution in [3.63, 3.8) is 0 Å². The third-order valence-electron chi connectivity index (χ3n) is 4.75. The van der Waals surface area contributed by atoms with E-state index in [-0.39, 0.29) is 17.6 Å². The molecule has 0 radical (unpaired) electrons. The first-order valence-electron chi connectivity index (χ1n) is 8.67. The number of alkyl halides is 3.